The molecule has 0 saturated carbocycles. The molecule has 1 aliphatic heterocycles. The van der Waals surface area contributed by atoms with Gasteiger partial charge in [0.25, 0.3) is 0 Å². The van der Waals surface area contributed by atoms with Crippen molar-refractivity contribution in [2.75, 3.05) is 26.2 Å². The Kier molecular flexibility index (Phi) is 6.58. The fourth-order valence-electron chi connectivity index (χ4n) is 3.48. The Hall–Kier alpha value is -0.830. The molecular formula is C17H31N2O+. The van der Waals surface area contributed by atoms with Gasteiger partial charge in [0.05, 0.1) is 19.6 Å². The van der Waals surface area contributed by atoms with Crippen molar-refractivity contribution in [3.8, 4) is 0 Å². The summed E-state index contributed by atoms with van der Waals surface area (Å²) in [7, 11) is 0. The molecule has 2 aliphatic rings. The maximum absolute atomic E-state index is 12.0. The number of unbranched alkanes of at least 4 members (excludes halogenated alkanes) is 1. The van der Waals surface area contributed by atoms with Gasteiger partial charge in [-0.25, -0.2) is 0 Å². The van der Waals surface area contributed by atoms with Crippen LogP contribution in [0.2, 0.25) is 0 Å². The summed E-state index contributed by atoms with van der Waals surface area (Å²) in [5, 5.41) is 3.09. The van der Waals surface area contributed by atoms with Gasteiger partial charge in [0.1, 0.15) is 0 Å². The summed E-state index contributed by atoms with van der Waals surface area (Å²) in [6.07, 6.45) is 13.0. The molecule has 1 saturated heterocycles. The van der Waals surface area contributed by atoms with E-state index < -0.39 is 0 Å². The first-order valence-corrected chi connectivity index (χ1v) is 8.56. The average Bonchev–Trinajstić information content (AvgIpc) is 2.49. The number of hydrogen-bond acceptors (Lipinski definition) is 1. The lowest BCUT2D eigenvalue weighted by atomic mass is 9.91. The van der Waals surface area contributed by atoms with E-state index in [2.05, 4.69) is 24.4 Å². The summed E-state index contributed by atoms with van der Waals surface area (Å²) in [5.41, 5.74) is 0. The SMILES string of the molecule is CCCCNC(=O)C1CC[NH+](C[C@@H]2CC=CCC2)CC1. The topological polar surface area (TPSA) is 33.5 Å². The van der Waals surface area contributed by atoms with Gasteiger partial charge in [-0.3, -0.25) is 4.79 Å². The van der Waals surface area contributed by atoms with Crippen LogP contribution in [0.4, 0.5) is 0 Å². The molecule has 1 aliphatic carbocycles. The van der Waals surface area contributed by atoms with Gasteiger partial charge in [0.15, 0.2) is 0 Å². The van der Waals surface area contributed by atoms with Crippen molar-refractivity contribution in [3.63, 3.8) is 0 Å². The zero-order valence-corrected chi connectivity index (χ0v) is 13.0. The van der Waals surface area contributed by atoms with E-state index in [-0.39, 0.29) is 5.92 Å². The summed E-state index contributed by atoms with van der Waals surface area (Å²) < 4.78 is 0. The zero-order valence-electron chi connectivity index (χ0n) is 13.0. The molecule has 20 heavy (non-hydrogen) atoms. The Bertz CT molecular complexity index is 319. The van der Waals surface area contributed by atoms with Gasteiger partial charge in [0, 0.05) is 31.2 Å². The van der Waals surface area contributed by atoms with Crippen LogP contribution in [-0.2, 0) is 4.79 Å². The molecule has 0 aromatic heterocycles. The standard InChI is InChI=1S/C17H30N2O/c1-2-3-11-18-17(20)16-9-12-19(13-10-16)14-15-7-5-4-6-8-15/h4-5,15-16H,2-3,6-14H2,1H3,(H,18,20)/p+1/t15-/m1/s1. The number of piperidine rings is 1. The predicted molar refractivity (Wildman–Crippen MR) is 82.7 cm³/mol. The van der Waals surface area contributed by atoms with Crippen molar-refractivity contribution in [2.24, 2.45) is 11.8 Å². The largest absolute Gasteiger partial charge is 0.356 e. The van der Waals surface area contributed by atoms with E-state index in [4.69, 9.17) is 0 Å². The van der Waals surface area contributed by atoms with E-state index in [1.807, 2.05) is 0 Å². The van der Waals surface area contributed by atoms with Gasteiger partial charge >= 0.3 is 0 Å². The number of rotatable bonds is 6. The molecule has 3 nitrogen and oxygen atoms in total. The van der Waals surface area contributed by atoms with Crippen molar-refractivity contribution in [2.45, 2.75) is 51.9 Å². The number of allylic oxidation sites excluding steroid dienone is 2. The van der Waals surface area contributed by atoms with Gasteiger partial charge in [-0.2, -0.15) is 0 Å². The lowest BCUT2D eigenvalue weighted by Crippen LogP contribution is -3.13. The van der Waals surface area contributed by atoms with Gasteiger partial charge in [-0.05, 0) is 25.7 Å². The molecule has 1 amide bonds. The molecule has 0 spiro atoms. The lowest BCUT2D eigenvalue weighted by molar-refractivity contribution is -0.909. The smallest absolute Gasteiger partial charge is 0.223 e. The number of carbonyl (C=O) groups is 1. The molecule has 2 N–H and O–H groups in total. The van der Waals surface area contributed by atoms with Gasteiger partial charge in [-0.1, -0.05) is 25.5 Å². The molecular weight excluding hydrogens is 248 g/mol. The third kappa shape index (κ3) is 4.93. The summed E-state index contributed by atoms with van der Waals surface area (Å²) in [5.74, 6) is 1.46. The number of hydrogen-bond donors (Lipinski definition) is 2. The van der Waals surface area contributed by atoms with E-state index in [0.29, 0.717) is 5.91 Å². The number of quaternary nitrogens is 1. The van der Waals surface area contributed by atoms with Gasteiger partial charge in [-0.15, -0.1) is 0 Å². The molecule has 2 rings (SSSR count). The van der Waals surface area contributed by atoms with Crippen molar-refractivity contribution in [1.82, 2.24) is 5.32 Å². The van der Waals surface area contributed by atoms with Crippen molar-refractivity contribution in [1.29, 1.82) is 0 Å². The maximum atomic E-state index is 12.0. The minimum absolute atomic E-state index is 0.279. The Balaban J connectivity index is 1.64. The molecule has 3 heteroatoms. The fourth-order valence-corrected chi connectivity index (χ4v) is 3.48. The molecule has 0 bridgehead atoms. The van der Waals surface area contributed by atoms with Crippen LogP contribution >= 0.6 is 0 Å². The highest BCUT2D eigenvalue weighted by molar-refractivity contribution is 5.78. The van der Waals surface area contributed by atoms with Crippen LogP contribution in [0.25, 0.3) is 0 Å². The molecule has 1 atom stereocenters. The summed E-state index contributed by atoms with van der Waals surface area (Å²) in [6.45, 7) is 6.71. The average molecular weight is 279 g/mol. The number of nitrogens with one attached hydrogen (secondary N) is 2. The van der Waals surface area contributed by atoms with E-state index in [9.17, 15) is 4.79 Å². The van der Waals surface area contributed by atoms with Crippen LogP contribution in [0.5, 0.6) is 0 Å². The minimum Gasteiger partial charge on any atom is -0.356 e. The van der Waals surface area contributed by atoms with Gasteiger partial charge < -0.3 is 10.2 Å². The van der Waals surface area contributed by atoms with Crippen LogP contribution in [0.15, 0.2) is 12.2 Å². The second kappa shape index (κ2) is 8.46. The van der Waals surface area contributed by atoms with E-state index in [0.717, 1.165) is 38.1 Å². The normalized spacial score (nSPS) is 30.1. The molecule has 1 fully saturated rings. The van der Waals surface area contributed by atoms with E-state index in [1.165, 1.54) is 38.9 Å². The van der Waals surface area contributed by atoms with Crippen LogP contribution in [0.3, 0.4) is 0 Å². The van der Waals surface area contributed by atoms with Crippen molar-refractivity contribution >= 4 is 5.91 Å². The third-order valence-corrected chi connectivity index (χ3v) is 4.85. The molecule has 1 heterocycles. The fraction of sp³-hybridized carbons (Fsp3) is 0.824. The molecule has 0 unspecified atom stereocenters. The zero-order chi connectivity index (χ0) is 14.2. The van der Waals surface area contributed by atoms with E-state index in [1.54, 1.807) is 4.90 Å². The van der Waals surface area contributed by atoms with Crippen molar-refractivity contribution < 1.29 is 9.69 Å². The Morgan fingerprint density at radius 2 is 2.05 bits per heavy atom. The first-order valence-electron chi connectivity index (χ1n) is 8.56. The first-order chi connectivity index (χ1) is 9.79. The van der Waals surface area contributed by atoms with Gasteiger partial charge in [0.2, 0.25) is 5.91 Å². The molecule has 0 radical (unpaired) electrons. The molecule has 114 valence electrons. The van der Waals surface area contributed by atoms with Crippen LogP contribution in [-0.4, -0.2) is 32.1 Å². The first kappa shape index (κ1) is 15.6. The van der Waals surface area contributed by atoms with Crippen LogP contribution in [0, 0.1) is 11.8 Å². The van der Waals surface area contributed by atoms with Crippen LogP contribution in [0.1, 0.15) is 51.9 Å². The highest BCUT2D eigenvalue weighted by Gasteiger charge is 2.28. The quantitative estimate of drug-likeness (QED) is 0.561. The Morgan fingerprint density at radius 3 is 2.70 bits per heavy atom. The summed E-state index contributed by atoms with van der Waals surface area (Å²) in [4.78, 5) is 13.8. The minimum atomic E-state index is 0.279. The van der Waals surface area contributed by atoms with Crippen LogP contribution < -0.4 is 10.2 Å². The lowest BCUT2D eigenvalue weighted by Gasteiger charge is -2.31. The highest BCUT2D eigenvalue weighted by atomic mass is 16.1. The monoisotopic (exact) mass is 279 g/mol. The Morgan fingerprint density at radius 1 is 1.25 bits per heavy atom. The maximum Gasteiger partial charge on any atom is 0.223 e. The Labute approximate surface area is 123 Å². The number of carbonyl (C=O) groups excluding carboxylic acids is 1. The summed E-state index contributed by atoms with van der Waals surface area (Å²) in [6, 6.07) is 0. The highest BCUT2D eigenvalue weighted by Crippen LogP contribution is 2.17. The molecule has 0 aromatic carbocycles. The summed E-state index contributed by atoms with van der Waals surface area (Å²) >= 11 is 0. The second-order valence-electron chi connectivity index (χ2n) is 6.52. The number of likely N-dealkylation sites (tertiary alicyclic amines) is 1. The number of amides is 1. The predicted octanol–water partition coefficient (Wildman–Crippen LogP) is 1.55. The van der Waals surface area contributed by atoms with Crippen molar-refractivity contribution in [3.05, 3.63) is 12.2 Å². The third-order valence-electron chi connectivity index (χ3n) is 4.85. The second-order valence-corrected chi connectivity index (χ2v) is 6.52. The van der Waals surface area contributed by atoms with E-state index >= 15 is 0 Å². The molecule has 0 aromatic rings.